The lowest BCUT2D eigenvalue weighted by Crippen LogP contribution is -2.00. The minimum Gasteiger partial charge on any atom is -0.285 e. The van der Waals surface area contributed by atoms with Crippen molar-refractivity contribution in [3.63, 3.8) is 0 Å². The van der Waals surface area contributed by atoms with E-state index in [2.05, 4.69) is 266 Å². The molecule has 0 atom stereocenters. The van der Waals surface area contributed by atoms with Crippen LogP contribution in [-0.4, -0.2) is 27.0 Å². The molecule has 4 nitrogen and oxygen atoms in total. The topological polar surface area (TPSA) is 43.1 Å². The molecule has 5 heteroatoms. The summed E-state index contributed by atoms with van der Waals surface area (Å²) in [5, 5.41) is 4.25. The van der Waals surface area contributed by atoms with Crippen LogP contribution in [0.1, 0.15) is 274 Å². The molecule has 4 heterocycles. The van der Waals surface area contributed by atoms with Crippen molar-refractivity contribution in [3.05, 3.63) is 152 Å². The molecule has 0 radical (unpaired) electrons. The van der Waals surface area contributed by atoms with E-state index >= 15 is 0 Å². The summed E-state index contributed by atoms with van der Waals surface area (Å²) in [7, 11) is 0. The van der Waals surface area contributed by atoms with Crippen molar-refractivity contribution < 1.29 is 0 Å². The lowest BCUT2D eigenvalue weighted by molar-refractivity contribution is 0.531. The van der Waals surface area contributed by atoms with Gasteiger partial charge < -0.3 is 0 Å². The molecule has 0 bridgehead atoms. The van der Waals surface area contributed by atoms with E-state index < -0.39 is 0 Å². The number of hydrogen-bond donors (Lipinski definition) is 0. The maximum atomic E-state index is 4.46. The molecule has 69 heavy (non-hydrogen) atoms. The van der Waals surface area contributed by atoms with Gasteiger partial charge in [0.05, 0.1) is 12.7 Å². The third-order valence-electron chi connectivity index (χ3n) is 12.3. The first-order chi connectivity index (χ1) is 32.2. The average Bonchev–Trinajstić information content (AvgIpc) is 4.11. The van der Waals surface area contributed by atoms with E-state index in [1.165, 1.54) is 60.1 Å². The zero-order valence-corrected chi connectivity index (χ0v) is 49.4. The highest BCUT2D eigenvalue weighted by atomic mass is 32.1. The minimum absolute atomic E-state index is 0.475. The number of pyridine rings is 1. The molecule has 0 N–H and O–H groups in total. The maximum Gasteiger partial charge on any atom is 0.0609 e. The van der Waals surface area contributed by atoms with Crippen molar-refractivity contribution in [2.45, 2.75) is 225 Å². The van der Waals surface area contributed by atoms with E-state index in [4.69, 9.17) is 0 Å². The van der Waals surface area contributed by atoms with Crippen LogP contribution in [0.2, 0.25) is 0 Å². The van der Waals surface area contributed by atoms with Crippen molar-refractivity contribution in [1.29, 1.82) is 0 Å². The van der Waals surface area contributed by atoms with Gasteiger partial charge in [0.15, 0.2) is 0 Å². The summed E-state index contributed by atoms with van der Waals surface area (Å²) in [6.07, 6.45) is 8.31. The molecular weight excluding hydrogens is 857 g/mol. The Morgan fingerprint density at radius 2 is 0.841 bits per heavy atom. The molecule has 1 aliphatic rings. The number of nitrogens with zero attached hydrogens (tertiary/aromatic N) is 4. The van der Waals surface area contributed by atoms with Gasteiger partial charge in [-0.3, -0.25) is 14.7 Å². The summed E-state index contributed by atoms with van der Waals surface area (Å²) in [4.78, 5) is 11.9. The Kier molecular flexibility index (Phi) is 29.2. The molecule has 0 aliphatic carbocycles. The molecule has 5 aromatic rings. The smallest absolute Gasteiger partial charge is 0.0609 e. The summed E-state index contributed by atoms with van der Waals surface area (Å²) in [6, 6.07) is 27.1. The van der Waals surface area contributed by atoms with Crippen LogP contribution in [0.15, 0.2) is 108 Å². The monoisotopic (exact) mass is 959 g/mol. The fourth-order valence-corrected chi connectivity index (χ4v) is 7.74. The first kappa shape index (κ1) is 62.9. The van der Waals surface area contributed by atoms with Crippen molar-refractivity contribution in [1.82, 2.24) is 14.8 Å². The summed E-state index contributed by atoms with van der Waals surface area (Å²) >= 11 is 1.95. The lowest BCUT2D eigenvalue weighted by Gasteiger charge is -2.09. The van der Waals surface area contributed by atoms with Crippen LogP contribution in [0.3, 0.4) is 0 Å². The van der Waals surface area contributed by atoms with Crippen LogP contribution in [0, 0.1) is 11.8 Å². The van der Waals surface area contributed by atoms with Crippen molar-refractivity contribution >= 4 is 17.0 Å². The van der Waals surface area contributed by atoms with E-state index in [0.717, 1.165) is 6.54 Å². The quantitative estimate of drug-likeness (QED) is 0.125. The van der Waals surface area contributed by atoms with Crippen molar-refractivity contribution in [2.24, 2.45) is 16.8 Å². The average molecular weight is 960 g/mol. The predicted octanol–water partition coefficient (Wildman–Crippen LogP) is 20.5. The van der Waals surface area contributed by atoms with E-state index in [0.29, 0.717) is 71.1 Å². The van der Waals surface area contributed by atoms with Gasteiger partial charge in [-0.1, -0.05) is 207 Å². The third kappa shape index (κ3) is 24.1. The van der Waals surface area contributed by atoms with E-state index in [9.17, 15) is 0 Å². The largest absolute Gasteiger partial charge is 0.285 e. The SMILES string of the molecule is CC(C)C1=CC(C(C)C)=NC1.CC(C)c1ccc(C(C)C)cc1.CC(C)c1ccc(C(C)C)nc1.CC(C)c1ccc(C(C)C)s1.CC(C)c1cccc(C(C)C)c1.CC(C)c1cnn(C(C)C)c1. The molecular formula is C64H102N4S. The number of aliphatic imine (C=N–C) groups is 1. The highest BCUT2D eigenvalue weighted by Crippen LogP contribution is 2.29. The molecule has 6 rings (SSSR count). The van der Waals surface area contributed by atoms with Gasteiger partial charge in [0.25, 0.3) is 0 Å². The van der Waals surface area contributed by atoms with Gasteiger partial charge in [0.2, 0.25) is 0 Å². The molecule has 2 aromatic carbocycles. The molecule has 0 saturated carbocycles. The standard InChI is InChI=1S/2C12H18.C11H17N.C10H17N.C10H16S.C9H16N2/c1-9(2)11-5-7-12(8-6-11)10(3)4;1-9(2)11-6-5-7-12(8-11)10(3)4;1-8(2)10-5-6-11(9(3)4)12-7-10;1-7(2)9-5-10(8(3)4)11-6-9;1-7(2)9-5-6-10(11-9)8(3)4;1-7(2)9-5-10-11(6-9)8(3)4/h2*5-10H,1-4H3;5-9H,1-4H3;5,7-8H,6H2,1-4H3;2*5-8H,1-4H3. The molecule has 0 saturated heterocycles. The number of aromatic nitrogens is 3. The lowest BCUT2D eigenvalue weighted by atomic mass is 9.96. The normalized spacial score (nSPS) is 12.3. The fourth-order valence-electron chi connectivity index (χ4n) is 6.73. The molecule has 1 aliphatic heterocycles. The van der Waals surface area contributed by atoms with Gasteiger partial charge in [-0.15, -0.1) is 11.3 Å². The Hall–Kier alpha value is -4.09. The Bertz CT molecular complexity index is 1940. The zero-order valence-electron chi connectivity index (χ0n) is 48.6. The first-order valence-corrected chi connectivity index (χ1v) is 27.5. The predicted molar refractivity (Wildman–Crippen MR) is 311 cm³/mol. The number of hydrogen-bond acceptors (Lipinski definition) is 4. The number of thiophene rings is 1. The number of rotatable bonds is 12. The van der Waals surface area contributed by atoms with Gasteiger partial charge in [-0.25, -0.2) is 0 Å². The number of benzene rings is 2. The van der Waals surface area contributed by atoms with Crippen LogP contribution >= 0.6 is 11.3 Å². The van der Waals surface area contributed by atoms with Crippen LogP contribution in [0.25, 0.3) is 0 Å². The Balaban J connectivity index is 0.000000414. The number of allylic oxidation sites excluding steroid dienone is 1. The van der Waals surface area contributed by atoms with Crippen molar-refractivity contribution in [3.8, 4) is 0 Å². The second-order valence-electron chi connectivity index (χ2n) is 22.6. The fraction of sp³-hybridized carbons (Fsp3) is 0.578. The zero-order chi connectivity index (χ0) is 52.7. The van der Waals surface area contributed by atoms with Crippen LogP contribution in [-0.2, 0) is 0 Å². The second kappa shape index (κ2) is 32.0. The van der Waals surface area contributed by atoms with E-state index in [1.807, 2.05) is 28.4 Å². The summed E-state index contributed by atoms with van der Waals surface area (Å²) < 4.78 is 2.00. The van der Waals surface area contributed by atoms with Gasteiger partial charge >= 0.3 is 0 Å². The molecule has 3 aromatic heterocycles. The molecule has 0 unspecified atom stereocenters. The Morgan fingerprint density at radius 1 is 0.406 bits per heavy atom. The van der Waals surface area contributed by atoms with Crippen LogP contribution in [0.5, 0.6) is 0 Å². The van der Waals surface area contributed by atoms with Crippen LogP contribution < -0.4 is 0 Å². The minimum atomic E-state index is 0.475. The molecule has 0 amide bonds. The van der Waals surface area contributed by atoms with Crippen LogP contribution in [0.4, 0.5) is 0 Å². The van der Waals surface area contributed by atoms with Gasteiger partial charge in [-0.2, -0.15) is 5.10 Å². The first-order valence-electron chi connectivity index (χ1n) is 26.7. The highest BCUT2D eigenvalue weighted by Gasteiger charge is 2.13. The maximum absolute atomic E-state index is 4.46. The summed E-state index contributed by atoms with van der Waals surface area (Å²) in [6.45, 7) is 53.9. The molecule has 0 spiro atoms. The Labute approximate surface area is 430 Å². The van der Waals surface area contributed by atoms with E-state index in [1.54, 1.807) is 0 Å². The van der Waals surface area contributed by atoms with Gasteiger partial charge in [0.1, 0.15) is 0 Å². The van der Waals surface area contributed by atoms with Gasteiger partial charge in [-0.05, 0) is 142 Å². The summed E-state index contributed by atoms with van der Waals surface area (Å²) in [5.74, 6) is 6.90. The van der Waals surface area contributed by atoms with E-state index in [-0.39, 0.29) is 0 Å². The molecule has 0 fully saturated rings. The Morgan fingerprint density at radius 3 is 1.10 bits per heavy atom. The van der Waals surface area contributed by atoms with Gasteiger partial charge in [0, 0.05) is 39.6 Å². The second-order valence-corrected chi connectivity index (χ2v) is 23.7. The third-order valence-corrected chi connectivity index (χ3v) is 14.0. The highest BCUT2D eigenvalue weighted by molar-refractivity contribution is 7.12. The summed E-state index contributed by atoms with van der Waals surface area (Å²) in [5.41, 5.74) is 12.3. The van der Waals surface area contributed by atoms with Crippen molar-refractivity contribution in [2.75, 3.05) is 6.54 Å². The molecule has 384 valence electrons.